The third kappa shape index (κ3) is 8.46. The van der Waals surface area contributed by atoms with Gasteiger partial charge in [0.1, 0.15) is 28.4 Å². The number of nitrogens with one attached hydrogen (secondary N) is 2. The maximum atomic E-state index is 13.7. The van der Waals surface area contributed by atoms with Crippen LogP contribution in [-0.4, -0.2) is 102 Å². The second kappa shape index (κ2) is 17.1. The lowest BCUT2D eigenvalue weighted by atomic mass is 10.1. The minimum Gasteiger partial charge on any atom is -0.494 e. The molecule has 3 amide bonds. The molecular weight excluding hydrogens is 668 g/mol. The van der Waals surface area contributed by atoms with Gasteiger partial charge in [-0.15, -0.1) is 0 Å². The third-order valence-electron chi connectivity index (χ3n) is 8.84. The number of aromatic nitrogens is 4. The lowest BCUT2D eigenvalue weighted by molar-refractivity contribution is 0.0358. The molecule has 0 spiro atoms. The number of imidazole rings is 1. The Morgan fingerprint density at radius 1 is 1.04 bits per heavy atom. The van der Waals surface area contributed by atoms with E-state index in [9.17, 15) is 14.4 Å². The number of primary amides is 2. The van der Waals surface area contributed by atoms with E-state index in [0.29, 0.717) is 95.9 Å². The van der Waals surface area contributed by atoms with E-state index in [1.54, 1.807) is 53.7 Å². The molecule has 1 saturated heterocycles. The molecule has 2 aromatic carbocycles. The Morgan fingerprint density at radius 3 is 2.42 bits per heavy atom. The number of carbonyl (C=O) groups excluding carboxylic acids is 3. The van der Waals surface area contributed by atoms with Gasteiger partial charge in [-0.3, -0.25) is 24.0 Å². The number of carbonyl (C=O) groups is 3. The monoisotopic (exact) mass is 716 g/mol. The van der Waals surface area contributed by atoms with Crippen molar-refractivity contribution in [3.05, 3.63) is 70.6 Å². The Kier molecular flexibility index (Phi) is 12.4. The fourth-order valence-corrected chi connectivity index (χ4v) is 6.19. The molecule has 52 heavy (non-hydrogen) atoms. The zero-order valence-electron chi connectivity index (χ0n) is 30.4. The summed E-state index contributed by atoms with van der Waals surface area (Å²) in [5.41, 5.74) is 15.9. The van der Waals surface area contributed by atoms with Crippen molar-refractivity contribution in [3.63, 3.8) is 0 Å². The number of anilines is 2. The van der Waals surface area contributed by atoms with Gasteiger partial charge in [-0.05, 0) is 50.6 Å². The van der Waals surface area contributed by atoms with Crippen LogP contribution in [0.5, 0.6) is 11.5 Å². The molecule has 1 aliphatic rings. The number of fused-ring (bicyclic) bond motifs is 1. The van der Waals surface area contributed by atoms with Gasteiger partial charge in [0, 0.05) is 64.5 Å². The first-order valence-electron chi connectivity index (χ1n) is 17.2. The molecule has 0 radical (unpaired) electrons. The Bertz CT molecular complexity index is 2010. The van der Waals surface area contributed by atoms with Gasteiger partial charge in [0.2, 0.25) is 17.4 Å². The highest BCUT2D eigenvalue weighted by atomic mass is 16.5. The molecule has 4 aromatic rings. The first-order valence-corrected chi connectivity index (χ1v) is 17.2. The summed E-state index contributed by atoms with van der Waals surface area (Å²) in [7, 11) is 5.04. The summed E-state index contributed by atoms with van der Waals surface area (Å²) in [6, 6.07) is 8.28. The molecule has 16 heteroatoms. The minimum atomic E-state index is -0.601. The zero-order chi connectivity index (χ0) is 37.4. The quantitative estimate of drug-likeness (QED) is 0.0986. The highest BCUT2D eigenvalue weighted by Crippen LogP contribution is 2.34. The molecule has 0 unspecified atom stereocenters. The van der Waals surface area contributed by atoms with E-state index < -0.39 is 17.7 Å². The Balaban J connectivity index is 1.51. The normalized spacial score (nSPS) is 13.9. The lowest BCUT2D eigenvalue weighted by Crippen LogP contribution is -2.37. The number of morpholine rings is 1. The van der Waals surface area contributed by atoms with Crippen molar-refractivity contribution < 1.29 is 28.6 Å². The van der Waals surface area contributed by atoms with Gasteiger partial charge in [0.15, 0.2) is 0 Å². The summed E-state index contributed by atoms with van der Waals surface area (Å²) in [6.45, 7) is 9.35. The average molecular weight is 717 g/mol. The van der Waals surface area contributed by atoms with Crippen LogP contribution in [0.2, 0.25) is 0 Å². The van der Waals surface area contributed by atoms with Crippen molar-refractivity contribution in [2.24, 2.45) is 23.5 Å². The van der Waals surface area contributed by atoms with E-state index in [4.69, 9.17) is 25.7 Å². The summed E-state index contributed by atoms with van der Waals surface area (Å²) in [6.07, 6.45) is 4.62. The van der Waals surface area contributed by atoms with Crippen molar-refractivity contribution in [2.45, 2.75) is 33.4 Å². The minimum absolute atomic E-state index is 0.275. The average Bonchev–Trinajstić information content (AvgIpc) is 3.65. The molecule has 1 aliphatic heterocycles. The second-order valence-corrected chi connectivity index (χ2v) is 12.3. The van der Waals surface area contributed by atoms with Crippen LogP contribution in [0.4, 0.5) is 11.4 Å². The molecular formula is C36H48N10O6. The number of aryl methyl sites for hydroxylation is 3. The first-order chi connectivity index (χ1) is 25.1. The number of ether oxygens (including phenoxy) is 3. The van der Waals surface area contributed by atoms with Gasteiger partial charge >= 0.3 is 0 Å². The molecule has 0 aliphatic carbocycles. The van der Waals surface area contributed by atoms with Crippen molar-refractivity contribution >= 4 is 40.1 Å². The van der Waals surface area contributed by atoms with E-state index in [0.717, 1.165) is 26.1 Å². The van der Waals surface area contributed by atoms with Gasteiger partial charge in [-0.25, -0.2) is 0 Å². The van der Waals surface area contributed by atoms with Crippen molar-refractivity contribution in [1.82, 2.24) is 23.8 Å². The number of nitrogens with zero attached hydrogens (tertiary/aromatic N) is 6. The smallest absolute Gasteiger partial charge is 0.298 e. The number of amides is 3. The molecule has 2 aromatic heterocycles. The lowest BCUT2D eigenvalue weighted by Gasteiger charge is -2.26. The number of hydrogen-bond acceptors (Lipinski definition) is 10. The Morgan fingerprint density at radius 2 is 1.75 bits per heavy atom. The Hall–Kier alpha value is -5.61. The maximum Gasteiger partial charge on any atom is 0.298 e. The van der Waals surface area contributed by atoms with Crippen LogP contribution in [0.3, 0.4) is 0 Å². The van der Waals surface area contributed by atoms with Gasteiger partial charge in [-0.2, -0.15) is 10.1 Å². The molecule has 0 saturated carbocycles. The van der Waals surface area contributed by atoms with Crippen LogP contribution in [0.1, 0.15) is 50.2 Å². The summed E-state index contributed by atoms with van der Waals surface area (Å²) in [4.78, 5) is 44.9. The number of nitrogens with two attached hydrogens (primary N) is 2. The van der Waals surface area contributed by atoms with Crippen molar-refractivity contribution in [1.29, 1.82) is 0 Å². The van der Waals surface area contributed by atoms with Crippen LogP contribution in [-0.2, 0) is 24.9 Å². The number of benzene rings is 2. The van der Waals surface area contributed by atoms with E-state index in [1.165, 1.54) is 7.11 Å². The number of methoxy groups -OCH3 is 1. The molecule has 6 N–H and O–H groups in total. The Labute approximate surface area is 302 Å². The molecule has 0 bridgehead atoms. The van der Waals surface area contributed by atoms with Gasteiger partial charge in [0.05, 0.1) is 43.8 Å². The topological polar surface area (TPSA) is 198 Å². The van der Waals surface area contributed by atoms with Crippen LogP contribution >= 0.6 is 0 Å². The van der Waals surface area contributed by atoms with Crippen LogP contribution < -0.4 is 37.2 Å². The number of rotatable bonds is 16. The second-order valence-electron chi connectivity index (χ2n) is 12.3. The van der Waals surface area contributed by atoms with E-state index in [-0.39, 0.29) is 5.56 Å². The van der Waals surface area contributed by atoms with Gasteiger partial charge in [-0.1, -0.05) is 12.2 Å². The fraction of sp³-hybridized carbons (Fsp3) is 0.417. The largest absolute Gasteiger partial charge is 0.494 e. The summed E-state index contributed by atoms with van der Waals surface area (Å²) in [5.74, 6) is -0.709. The summed E-state index contributed by atoms with van der Waals surface area (Å²) >= 11 is 0. The van der Waals surface area contributed by atoms with Crippen LogP contribution in [0.25, 0.3) is 11.0 Å². The maximum absolute atomic E-state index is 13.7. The van der Waals surface area contributed by atoms with Gasteiger partial charge in [0.25, 0.3) is 5.91 Å². The molecule has 1 fully saturated rings. The number of allylic oxidation sites excluding steroid dienone is 1. The van der Waals surface area contributed by atoms with Gasteiger partial charge < -0.3 is 45.4 Å². The summed E-state index contributed by atoms with van der Waals surface area (Å²) in [5, 5.41) is 10.8. The fourth-order valence-electron chi connectivity index (χ4n) is 6.19. The van der Waals surface area contributed by atoms with E-state index in [1.807, 2.05) is 30.6 Å². The van der Waals surface area contributed by atoms with E-state index >= 15 is 0 Å². The SMILES string of the molecule is CCn1nc(C)cc1C(=O)/N=c1\n(C)c2cc(C(N)=O)cc(OCCCN3CCOCC3)c2n1C/C=C/CNc1c(NC)cc(C(N)=O)cc1OC. The molecule has 16 nitrogen and oxygen atoms in total. The first kappa shape index (κ1) is 37.6. The standard InChI is InChI=1S/C36H48N10O6/c1-6-46-28(18-23(2)42-46)35(49)41-36-43(4)27-20-25(34(38)48)22-30(52-15-9-11-44-13-16-51-17-14-44)32(27)45(36)12-8-7-10-40-31-26(39-3)19-24(33(37)47)21-29(31)50-5/h7-8,18-22,39-40H,6,9-17H2,1-5H3,(H2,37,47)(H2,38,48)/b8-7+,41-36+. The predicted octanol–water partition coefficient (Wildman–Crippen LogP) is 2.26. The third-order valence-corrected chi connectivity index (χ3v) is 8.84. The van der Waals surface area contributed by atoms with Crippen LogP contribution in [0.15, 0.2) is 47.5 Å². The molecule has 0 atom stereocenters. The molecule has 3 heterocycles. The summed E-state index contributed by atoms with van der Waals surface area (Å²) < 4.78 is 22.6. The van der Waals surface area contributed by atoms with Crippen molar-refractivity contribution in [3.8, 4) is 11.5 Å². The van der Waals surface area contributed by atoms with Crippen LogP contribution in [0, 0.1) is 6.92 Å². The molecule has 5 rings (SSSR count). The van der Waals surface area contributed by atoms with Crippen molar-refractivity contribution in [2.75, 3.05) is 70.8 Å². The zero-order valence-corrected chi connectivity index (χ0v) is 30.4. The number of hydrogen-bond donors (Lipinski definition) is 4. The highest BCUT2D eigenvalue weighted by molar-refractivity contribution is 5.99. The highest BCUT2D eigenvalue weighted by Gasteiger charge is 2.20. The molecule has 278 valence electrons. The predicted molar refractivity (Wildman–Crippen MR) is 198 cm³/mol. The van der Waals surface area contributed by atoms with E-state index in [2.05, 4.69) is 25.6 Å².